The molecule has 1 atom stereocenters. The molecule has 0 aliphatic carbocycles. The van der Waals surface area contributed by atoms with Crippen molar-refractivity contribution in [2.45, 2.75) is 12.5 Å². The summed E-state index contributed by atoms with van der Waals surface area (Å²) in [6.07, 6.45) is 4.01. The zero-order chi connectivity index (χ0) is 18.2. The van der Waals surface area contributed by atoms with Crippen LogP contribution in [0.2, 0.25) is 0 Å². The number of urea groups is 1. The van der Waals surface area contributed by atoms with Crippen LogP contribution in [0, 0.1) is 0 Å². The third-order valence-electron chi connectivity index (χ3n) is 3.66. The number of amides is 4. The highest BCUT2D eigenvalue weighted by atomic mass is 32.2. The van der Waals surface area contributed by atoms with E-state index in [4.69, 9.17) is 0 Å². The van der Waals surface area contributed by atoms with E-state index in [0.717, 1.165) is 5.75 Å². The van der Waals surface area contributed by atoms with E-state index < -0.39 is 12.1 Å². The van der Waals surface area contributed by atoms with Gasteiger partial charge in [-0.1, -0.05) is 18.2 Å². The van der Waals surface area contributed by atoms with E-state index in [-0.39, 0.29) is 18.4 Å². The summed E-state index contributed by atoms with van der Waals surface area (Å²) in [5, 5.41) is 8.17. The van der Waals surface area contributed by atoms with E-state index in [0.29, 0.717) is 24.3 Å². The highest BCUT2D eigenvalue weighted by Gasteiger charge is 2.29. The monoisotopic (exact) mass is 362 g/mol. The van der Waals surface area contributed by atoms with E-state index >= 15 is 0 Å². The molecular weight excluding hydrogens is 340 g/mol. The standard InChI is InChI=1S/C17H22N4O3S/c1-3-9-18-16(23)13(8-10-25-2)20-17(24)21-11-15(22)19-12-6-4-5-7-14(12)21/h3-7,13H,1,8-11H2,2H3,(H,18,23)(H,19,22)(H,20,24)/t13-/m0/s1. The average Bonchev–Trinajstić information content (AvgIpc) is 2.62. The zero-order valence-corrected chi connectivity index (χ0v) is 14.9. The van der Waals surface area contributed by atoms with Crippen molar-refractivity contribution in [2.75, 3.05) is 35.3 Å². The number of anilines is 2. The lowest BCUT2D eigenvalue weighted by molar-refractivity contribution is -0.122. The van der Waals surface area contributed by atoms with Gasteiger partial charge < -0.3 is 16.0 Å². The number of carbonyl (C=O) groups excluding carboxylic acids is 3. The summed E-state index contributed by atoms with van der Waals surface area (Å²) in [5.74, 6) is 0.187. The van der Waals surface area contributed by atoms with E-state index in [1.807, 2.05) is 6.26 Å². The molecule has 1 heterocycles. The molecule has 1 aromatic carbocycles. The predicted molar refractivity (Wildman–Crippen MR) is 101 cm³/mol. The number of thioether (sulfide) groups is 1. The molecule has 1 aliphatic heterocycles. The van der Waals surface area contributed by atoms with Crippen LogP contribution >= 0.6 is 11.8 Å². The first-order valence-corrected chi connectivity index (χ1v) is 9.30. The van der Waals surface area contributed by atoms with Gasteiger partial charge in [-0.2, -0.15) is 11.8 Å². The Hall–Kier alpha value is -2.48. The minimum Gasteiger partial charge on any atom is -0.351 e. The van der Waals surface area contributed by atoms with Crippen molar-refractivity contribution in [3.05, 3.63) is 36.9 Å². The van der Waals surface area contributed by atoms with E-state index in [2.05, 4.69) is 22.5 Å². The van der Waals surface area contributed by atoms with Crippen molar-refractivity contribution >= 4 is 41.0 Å². The number of nitrogens with zero attached hydrogens (tertiary/aromatic N) is 1. The number of carbonyl (C=O) groups is 3. The Labute approximate surface area is 151 Å². The van der Waals surface area contributed by atoms with Crippen LogP contribution in [0.25, 0.3) is 0 Å². The Kier molecular flexibility index (Phi) is 6.88. The molecule has 2 rings (SSSR count). The van der Waals surface area contributed by atoms with Gasteiger partial charge in [0.1, 0.15) is 12.6 Å². The molecule has 8 heteroatoms. The van der Waals surface area contributed by atoms with E-state index in [9.17, 15) is 14.4 Å². The van der Waals surface area contributed by atoms with Gasteiger partial charge in [-0.25, -0.2) is 4.79 Å². The largest absolute Gasteiger partial charge is 0.351 e. The Bertz CT molecular complexity index is 665. The maximum Gasteiger partial charge on any atom is 0.323 e. The van der Waals surface area contributed by atoms with Crippen LogP contribution in [0.5, 0.6) is 0 Å². The van der Waals surface area contributed by atoms with Crippen molar-refractivity contribution < 1.29 is 14.4 Å². The average molecular weight is 362 g/mol. The van der Waals surface area contributed by atoms with Crippen molar-refractivity contribution in [3.8, 4) is 0 Å². The minimum absolute atomic E-state index is 0.0909. The van der Waals surface area contributed by atoms with Gasteiger partial charge in [0.05, 0.1) is 11.4 Å². The molecule has 0 saturated carbocycles. The smallest absolute Gasteiger partial charge is 0.323 e. The molecule has 1 aromatic rings. The molecule has 7 nitrogen and oxygen atoms in total. The van der Waals surface area contributed by atoms with Gasteiger partial charge in [0.15, 0.2) is 0 Å². The first-order chi connectivity index (χ1) is 12.1. The molecule has 0 bridgehead atoms. The van der Waals surface area contributed by atoms with Gasteiger partial charge in [0.25, 0.3) is 0 Å². The molecule has 0 radical (unpaired) electrons. The number of para-hydroxylation sites is 2. The number of rotatable bonds is 7. The SMILES string of the molecule is C=CCNC(=O)[C@H](CCSC)NC(=O)N1CC(=O)Nc2ccccc21. The van der Waals surface area contributed by atoms with Crippen molar-refractivity contribution in [2.24, 2.45) is 0 Å². The highest BCUT2D eigenvalue weighted by Crippen LogP contribution is 2.28. The van der Waals surface area contributed by atoms with Crippen LogP contribution in [-0.2, 0) is 9.59 Å². The van der Waals surface area contributed by atoms with Crippen LogP contribution in [0.3, 0.4) is 0 Å². The molecular formula is C17H22N4O3S. The number of benzene rings is 1. The maximum atomic E-state index is 12.7. The first kappa shape index (κ1) is 18.9. The molecule has 0 unspecified atom stereocenters. The molecule has 0 fully saturated rings. The number of nitrogens with one attached hydrogen (secondary N) is 3. The van der Waals surface area contributed by atoms with Gasteiger partial charge >= 0.3 is 6.03 Å². The van der Waals surface area contributed by atoms with E-state index in [1.54, 1.807) is 42.1 Å². The molecule has 0 aromatic heterocycles. The first-order valence-electron chi connectivity index (χ1n) is 7.91. The van der Waals surface area contributed by atoms with Gasteiger partial charge in [0.2, 0.25) is 11.8 Å². The predicted octanol–water partition coefficient (Wildman–Crippen LogP) is 1.58. The second-order valence-electron chi connectivity index (χ2n) is 5.47. The minimum atomic E-state index is -0.669. The topological polar surface area (TPSA) is 90.5 Å². The molecule has 134 valence electrons. The number of hydrogen-bond donors (Lipinski definition) is 3. The normalized spacial score (nSPS) is 14.1. The lowest BCUT2D eigenvalue weighted by Crippen LogP contribution is -2.54. The molecule has 1 aliphatic rings. The summed E-state index contributed by atoms with van der Waals surface area (Å²) in [7, 11) is 0. The summed E-state index contributed by atoms with van der Waals surface area (Å²) in [5.41, 5.74) is 1.18. The van der Waals surface area contributed by atoms with Crippen molar-refractivity contribution in [1.82, 2.24) is 10.6 Å². The van der Waals surface area contributed by atoms with Crippen LogP contribution in [0.1, 0.15) is 6.42 Å². The van der Waals surface area contributed by atoms with Crippen LogP contribution in [-0.4, -0.2) is 49.0 Å². The highest BCUT2D eigenvalue weighted by molar-refractivity contribution is 7.98. The van der Waals surface area contributed by atoms with Gasteiger partial charge in [0, 0.05) is 6.54 Å². The van der Waals surface area contributed by atoms with Crippen LogP contribution < -0.4 is 20.9 Å². The Balaban J connectivity index is 2.13. The molecule has 25 heavy (non-hydrogen) atoms. The fourth-order valence-corrected chi connectivity index (χ4v) is 2.91. The zero-order valence-electron chi connectivity index (χ0n) is 14.1. The second-order valence-corrected chi connectivity index (χ2v) is 6.45. The van der Waals surface area contributed by atoms with Crippen LogP contribution in [0.4, 0.5) is 16.2 Å². The number of hydrogen-bond acceptors (Lipinski definition) is 4. The molecule has 0 saturated heterocycles. The summed E-state index contributed by atoms with van der Waals surface area (Å²) < 4.78 is 0. The van der Waals surface area contributed by atoms with Crippen molar-refractivity contribution in [1.29, 1.82) is 0 Å². The summed E-state index contributed by atoms with van der Waals surface area (Å²) in [6.45, 7) is 3.80. The lowest BCUT2D eigenvalue weighted by Gasteiger charge is -2.30. The van der Waals surface area contributed by atoms with Gasteiger partial charge in [-0.05, 0) is 30.6 Å². The summed E-state index contributed by atoms with van der Waals surface area (Å²) in [4.78, 5) is 38.1. The third-order valence-corrected chi connectivity index (χ3v) is 4.31. The van der Waals surface area contributed by atoms with Crippen molar-refractivity contribution in [3.63, 3.8) is 0 Å². The molecule has 3 N–H and O–H groups in total. The summed E-state index contributed by atoms with van der Waals surface area (Å²) in [6, 6.07) is 5.92. The van der Waals surface area contributed by atoms with Gasteiger partial charge in [-0.3, -0.25) is 14.5 Å². The Morgan fingerprint density at radius 1 is 1.44 bits per heavy atom. The fourth-order valence-electron chi connectivity index (χ4n) is 2.44. The second kappa shape index (κ2) is 9.12. The maximum absolute atomic E-state index is 12.7. The Morgan fingerprint density at radius 3 is 2.92 bits per heavy atom. The van der Waals surface area contributed by atoms with Crippen LogP contribution in [0.15, 0.2) is 36.9 Å². The molecule has 0 spiro atoms. The molecule has 4 amide bonds. The third kappa shape index (κ3) is 4.99. The Morgan fingerprint density at radius 2 is 2.20 bits per heavy atom. The fraction of sp³-hybridized carbons (Fsp3) is 0.353. The van der Waals surface area contributed by atoms with E-state index in [1.165, 1.54) is 4.90 Å². The number of fused-ring (bicyclic) bond motifs is 1. The lowest BCUT2D eigenvalue weighted by atomic mass is 10.2. The quantitative estimate of drug-likeness (QED) is 0.642. The van der Waals surface area contributed by atoms with Gasteiger partial charge in [-0.15, -0.1) is 6.58 Å². The summed E-state index contributed by atoms with van der Waals surface area (Å²) >= 11 is 1.59.